The molecule has 12 heavy (non-hydrogen) atoms. The van der Waals surface area contributed by atoms with E-state index in [0.717, 1.165) is 18.4 Å². The Bertz CT molecular complexity index is 245. The fraction of sp³-hybridized carbons (Fsp3) is 0.400. The number of halogens is 1. The third kappa shape index (κ3) is 2.62. The van der Waals surface area contributed by atoms with Crippen molar-refractivity contribution in [2.24, 2.45) is 5.73 Å². The van der Waals surface area contributed by atoms with Crippen molar-refractivity contribution < 1.29 is 4.39 Å². The van der Waals surface area contributed by atoms with E-state index >= 15 is 0 Å². The fourth-order valence-corrected chi connectivity index (χ4v) is 1.08. The number of nitrogens with two attached hydrogens (primary N) is 1. The molecule has 1 aromatic rings. The lowest BCUT2D eigenvalue weighted by Gasteiger charge is -2.05. The van der Waals surface area contributed by atoms with Crippen molar-refractivity contribution in [1.82, 2.24) is 0 Å². The zero-order valence-electron chi connectivity index (χ0n) is 7.26. The second-order valence-electron chi connectivity index (χ2n) is 3.11. The Balaban J connectivity index is 2.57. The molecule has 0 aliphatic carbocycles. The lowest BCUT2D eigenvalue weighted by Crippen LogP contribution is -2.15. The summed E-state index contributed by atoms with van der Waals surface area (Å²) in [6, 6.07) is 6.98. The van der Waals surface area contributed by atoms with Crippen LogP contribution in [0.4, 0.5) is 4.39 Å². The Labute approximate surface area is 72.4 Å². The van der Waals surface area contributed by atoms with Gasteiger partial charge in [0.25, 0.3) is 0 Å². The molecule has 1 atom stereocenters. The van der Waals surface area contributed by atoms with Gasteiger partial charge in [-0.25, -0.2) is 4.39 Å². The zero-order valence-corrected chi connectivity index (χ0v) is 7.26. The highest BCUT2D eigenvalue weighted by Crippen LogP contribution is 2.09. The third-order valence-corrected chi connectivity index (χ3v) is 1.83. The molecule has 0 aliphatic rings. The summed E-state index contributed by atoms with van der Waals surface area (Å²) < 4.78 is 13.0. The van der Waals surface area contributed by atoms with E-state index in [-0.39, 0.29) is 11.9 Å². The van der Waals surface area contributed by atoms with Crippen LogP contribution in [0.1, 0.15) is 18.9 Å². The standard InChI is InChI=1S/C10H14FN/c1-8(12)6-7-9-4-2-3-5-10(9)11/h2-5,8H,6-7,12H2,1H3/t8-/m0/s1. The molecule has 2 heteroatoms. The SMILES string of the molecule is C[C@H](N)CCc1ccccc1F. The highest BCUT2D eigenvalue weighted by Gasteiger charge is 2.01. The van der Waals surface area contributed by atoms with Crippen LogP contribution < -0.4 is 5.73 Å². The largest absolute Gasteiger partial charge is 0.328 e. The minimum Gasteiger partial charge on any atom is -0.328 e. The highest BCUT2D eigenvalue weighted by molar-refractivity contribution is 5.17. The van der Waals surface area contributed by atoms with E-state index < -0.39 is 0 Å². The Morgan fingerprint density at radius 3 is 2.67 bits per heavy atom. The van der Waals surface area contributed by atoms with E-state index in [1.54, 1.807) is 12.1 Å². The topological polar surface area (TPSA) is 26.0 Å². The van der Waals surface area contributed by atoms with Crippen molar-refractivity contribution in [2.45, 2.75) is 25.8 Å². The summed E-state index contributed by atoms with van der Waals surface area (Å²) in [4.78, 5) is 0. The highest BCUT2D eigenvalue weighted by atomic mass is 19.1. The maximum Gasteiger partial charge on any atom is 0.126 e. The van der Waals surface area contributed by atoms with Crippen molar-refractivity contribution >= 4 is 0 Å². The van der Waals surface area contributed by atoms with E-state index in [1.807, 2.05) is 13.0 Å². The molecule has 66 valence electrons. The molecular formula is C10H14FN. The molecule has 0 saturated heterocycles. The number of benzene rings is 1. The van der Waals surface area contributed by atoms with Crippen LogP contribution in [0.3, 0.4) is 0 Å². The molecule has 0 heterocycles. The molecule has 0 spiro atoms. The first-order valence-corrected chi connectivity index (χ1v) is 4.19. The van der Waals surface area contributed by atoms with Gasteiger partial charge in [0.1, 0.15) is 5.82 Å². The molecule has 1 rings (SSSR count). The summed E-state index contributed by atoms with van der Waals surface area (Å²) in [7, 11) is 0. The van der Waals surface area contributed by atoms with E-state index in [0.29, 0.717) is 0 Å². The maximum absolute atomic E-state index is 13.0. The molecule has 2 N–H and O–H groups in total. The van der Waals surface area contributed by atoms with Gasteiger partial charge in [-0.2, -0.15) is 0 Å². The van der Waals surface area contributed by atoms with Crippen LogP contribution in [-0.4, -0.2) is 6.04 Å². The van der Waals surface area contributed by atoms with Gasteiger partial charge in [0, 0.05) is 6.04 Å². The summed E-state index contributed by atoms with van der Waals surface area (Å²) in [6.45, 7) is 1.93. The van der Waals surface area contributed by atoms with Crippen molar-refractivity contribution in [2.75, 3.05) is 0 Å². The number of rotatable bonds is 3. The minimum atomic E-state index is -0.127. The summed E-state index contributed by atoms with van der Waals surface area (Å²) in [5, 5.41) is 0. The molecule has 0 bridgehead atoms. The summed E-state index contributed by atoms with van der Waals surface area (Å²) in [5.41, 5.74) is 6.33. The van der Waals surface area contributed by atoms with E-state index in [2.05, 4.69) is 0 Å². The van der Waals surface area contributed by atoms with Crippen LogP contribution >= 0.6 is 0 Å². The first-order valence-electron chi connectivity index (χ1n) is 4.19. The molecule has 0 aromatic heterocycles. The first-order chi connectivity index (χ1) is 5.70. The minimum absolute atomic E-state index is 0.127. The molecule has 0 amide bonds. The van der Waals surface area contributed by atoms with Crippen molar-refractivity contribution in [3.63, 3.8) is 0 Å². The normalized spacial score (nSPS) is 12.9. The van der Waals surface area contributed by atoms with E-state index in [4.69, 9.17) is 5.73 Å². The predicted molar refractivity (Wildman–Crippen MR) is 48.4 cm³/mol. The third-order valence-electron chi connectivity index (χ3n) is 1.83. The Morgan fingerprint density at radius 1 is 1.42 bits per heavy atom. The smallest absolute Gasteiger partial charge is 0.126 e. The lowest BCUT2D eigenvalue weighted by atomic mass is 10.1. The predicted octanol–water partition coefficient (Wildman–Crippen LogP) is 2.11. The zero-order chi connectivity index (χ0) is 8.97. The Morgan fingerprint density at radius 2 is 2.08 bits per heavy atom. The molecule has 1 nitrogen and oxygen atoms in total. The summed E-state index contributed by atoms with van der Waals surface area (Å²) in [6.07, 6.45) is 1.56. The van der Waals surface area contributed by atoms with Crippen LogP contribution in [-0.2, 0) is 6.42 Å². The molecule has 0 aliphatic heterocycles. The van der Waals surface area contributed by atoms with Crippen LogP contribution in [0.25, 0.3) is 0 Å². The van der Waals surface area contributed by atoms with Gasteiger partial charge in [0.2, 0.25) is 0 Å². The average molecular weight is 167 g/mol. The van der Waals surface area contributed by atoms with E-state index in [1.165, 1.54) is 6.07 Å². The number of hydrogen-bond donors (Lipinski definition) is 1. The molecule has 0 fully saturated rings. The van der Waals surface area contributed by atoms with Gasteiger partial charge in [-0.15, -0.1) is 0 Å². The average Bonchev–Trinajstić information content (AvgIpc) is 2.03. The molecular weight excluding hydrogens is 153 g/mol. The first kappa shape index (κ1) is 9.20. The molecule has 0 radical (unpaired) electrons. The van der Waals surface area contributed by atoms with Crippen molar-refractivity contribution in [3.05, 3.63) is 35.6 Å². The second-order valence-corrected chi connectivity index (χ2v) is 3.11. The molecule has 1 aromatic carbocycles. The van der Waals surface area contributed by atoms with Crippen LogP contribution in [0.5, 0.6) is 0 Å². The van der Waals surface area contributed by atoms with Crippen molar-refractivity contribution in [3.8, 4) is 0 Å². The molecule has 0 saturated carbocycles. The van der Waals surface area contributed by atoms with Crippen LogP contribution in [0, 0.1) is 5.82 Å². The van der Waals surface area contributed by atoms with Crippen LogP contribution in [0.2, 0.25) is 0 Å². The quantitative estimate of drug-likeness (QED) is 0.733. The lowest BCUT2D eigenvalue weighted by molar-refractivity contribution is 0.590. The van der Waals surface area contributed by atoms with Gasteiger partial charge in [0.15, 0.2) is 0 Å². The summed E-state index contributed by atoms with van der Waals surface area (Å²) in [5.74, 6) is -0.127. The fourth-order valence-electron chi connectivity index (χ4n) is 1.08. The number of hydrogen-bond acceptors (Lipinski definition) is 1. The van der Waals surface area contributed by atoms with Gasteiger partial charge in [-0.3, -0.25) is 0 Å². The number of aryl methyl sites for hydroxylation is 1. The van der Waals surface area contributed by atoms with Crippen LogP contribution in [0.15, 0.2) is 24.3 Å². The second kappa shape index (κ2) is 4.21. The van der Waals surface area contributed by atoms with E-state index in [9.17, 15) is 4.39 Å². The van der Waals surface area contributed by atoms with Gasteiger partial charge < -0.3 is 5.73 Å². The van der Waals surface area contributed by atoms with Crippen molar-refractivity contribution in [1.29, 1.82) is 0 Å². The molecule has 0 unspecified atom stereocenters. The van der Waals surface area contributed by atoms with Gasteiger partial charge >= 0.3 is 0 Å². The van der Waals surface area contributed by atoms with Gasteiger partial charge in [-0.05, 0) is 31.4 Å². The Hall–Kier alpha value is -0.890. The Kier molecular flexibility index (Phi) is 3.23. The maximum atomic E-state index is 13.0. The summed E-state index contributed by atoms with van der Waals surface area (Å²) >= 11 is 0. The van der Waals surface area contributed by atoms with Gasteiger partial charge in [-0.1, -0.05) is 18.2 Å². The monoisotopic (exact) mass is 167 g/mol. The van der Waals surface area contributed by atoms with Gasteiger partial charge in [0.05, 0.1) is 0 Å².